The van der Waals surface area contributed by atoms with E-state index < -0.39 is 5.97 Å². The highest BCUT2D eigenvalue weighted by molar-refractivity contribution is 5.92. The molecule has 0 unspecified atom stereocenters. The van der Waals surface area contributed by atoms with Gasteiger partial charge in [0.15, 0.2) is 18.1 Å². The number of hydrogen-bond donors (Lipinski definition) is 1. The highest BCUT2D eigenvalue weighted by Crippen LogP contribution is 2.30. The molecule has 1 N–H and O–H groups in total. The lowest BCUT2D eigenvalue weighted by atomic mass is 10.1. The van der Waals surface area contributed by atoms with Gasteiger partial charge in [-0.25, -0.2) is 4.79 Å². The van der Waals surface area contributed by atoms with Crippen molar-refractivity contribution in [1.82, 2.24) is 5.32 Å². The van der Waals surface area contributed by atoms with Gasteiger partial charge in [0.05, 0.1) is 5.56 Å². The molecule has 1 amide bonds. The second-order valence-corrected chi connectivity index (χ2v) is 7.41. The Morgan fingerprint density at radius 3 is 2.48 bits per heavy atom. The van der Waals surface area contributed by atoms with E-state index in [0.717, 1.165) is 11.3 Å². The first kappa shape index (κ1) is 22.2. The third kappa shape index (κ3) is 6.26. The molecule has 0 saturated heterocycles. The summed E-state index contributed by atoms with van der Waals surface area (Å²) in [6.07, 6.45) is 0.621. The number of fused-ring (bicyclic) bond motifs is 1. The Balaban J connectivity index is 1.23. The Hall–Kier alpha value is -4.00. The van der Waals surface area contributed by atoms with E-state index in [-0.39, 0.29) is 19.1 Å². The monoisotopic (exact) mass is 447 g/mol. The van der Waals surface area contributed by atoms with Gasteiger partial charge in [0.2, 0.25) is 0 Å². The Bertz CT molecular complexity index is 1100. The van der Waals surface area contributed by atoms with Gasteiger partial charge < -0.3 is 24.3 Å². The molecule has 0 bridgehead atoms. The van der Waals surface area contributed by atoms with Gasteiger partial charge in [-0.2, -0.15) is 0 Å². The number of rotatable bonds is 9. The highest BCUT2D eigenvalue weighted by Gasteiger charge is 2.15. The summed E-state index contributed by atoms with van der Waals surface area (Å²) in [5, 5.41) is 2.77. The quantitative estimate of drug-likeness (QED) is 0.505. The minimum Gasteiger partial charge on any atom is -0.489 e. The maximum atomic E-state index is 12.5. The van der Waals surface area contributed by atoms with Gasteiger partial charge in [0.1, 0.15) is 25.6 Å². The van der Waals surface area contributed by atoms with Crippen molar-refractivity contribution >= 4 is 11.9 Å². The van der Waals surface area contributed by atoms with Crippen LogP contribution < -0.4 is 19.5 Å². The van der Waals surface area contributed by atoms with Crippen molar-refractivity contribution in [1.29, 1.82) is 0 Å². The predicted octanol–water partition coefficient (Wildman–Crippen LogP) is 3.55. The molecule has 1 aliphatic rings. The van der Waals surface area contributed by atoms with Crippen molar-refractivity contribution in [3.8, 4) is 17.2 Å². The molecule has 1 heterocycles. The molecular formula is C26H25NO6. The number of carbonyl (C=O) groups is 2. The zero-order chi connectivity index (χ0) is 22.9. The first-order chi connectivity index (χ1) is 16.2. The Morgan fingerprint density at radius 1 is 0.879 bits per heavy atom. The van der Waals surface area contributed by atoms with Gasteiger partial charge in [-0.3, -0.25) is 4.79 Å². The van der Waals surface area contributed by atoms with Crippen LogP contribution in [0.5, 0.6) is 17.2 Å². The molecule has 1 aliphatic heterocycles. The van der Waals surface area contributed by atoms with Crippen LogP contribution in [0.25, 0.3) is 0 Å². The van der Waals surface area contributed by atoms with E-state index in [4.69, 9.17) is 18.9 Å². The summed E-state index contributed by atoms with van der Waals surface area (Å²) in [4.78, 5) is 24.7. The maximum Gasteiger partial charge on any atom is 0.339 e. The molecule has 7 heteroatoms. The molecule has 0 spiro atoms. The molecule has 0 aliphatic carbocycles. The van der Waals surface area contributed by atoms with Crippen LogP contribution in [0.3, 0.4) is 0 Å². The largest absolute Gasteiger partial charge is 0.489 e. The zero-order valence-corrected chi connectivity index (χ0v) is 18.1. The number of carbonyl (C=O) groups excluding carboxylic acids is 2. The van der Waals surface area contributed by atoms with E-state index in [1.54, 1.807) is 18.2 Å². The Kier molecular flexibility index (Phi) is 7.43. The van der Waals surface area contributed by atoms with Crippen molar-refractivity contribution in [2.75, 3.05) is 26.4 Å². The summed E-state index contributed by atoms with van der Waals surface area (Å²) in [7, 11) is 0. The summed E-state index contributed by atoms with van der Waals surface area (Å²) in [6, 6.07) is 22.1. The summed E-state index contributed by atoms with van der Waals surface area (Å²) in [5.41, 5.74) is 2.08. The van der Waals surface area contributed by atoms with Crippen molar-refractivity contribution in [2.24, 2.45) is 0 Å². The van der Waals surface area contributed by atoms with Gasteiger partial charge in [0, 0.05) is 12.1 Å². The number of esters is 1. The lowest BCUT2D eigenvalue weighted by Crippen LogP contribution is -2.30. The van der Waals surface area contributed by atoms with Crippen LogP contribution in [-0.2, 0) is 22.6 Å². The molecule has 0 radical (unpaired) electrons. The van der Waals surface area contributed by atoms with E-state index in [1.807, 2.05) is 54.6 Å². The van der Waals surface area contributed by atoms with E-state index in [1.165, 1.54) is 0 Å². The molecule has 0 atom stereocenters. The van der Waals surface area contributed by atoms with Crippen LogP contribution in [-0.4, -0.2) is 38.2 Å². The fraction of sp³-hybridized carbons (Fsp3) is 0.231. The first-order valence-corrected chi connectivity index (χ1v) is 10.8. The third-order valence-corrected chi connectivity index (χ3v) is 5.05. The molecule has 4 rings (SSSR count). The normalized spacial score (nSPS) is 12.0. The molecule has 0 saturated carbocycles. The van der Waals surface area contributed by atoms with Gasteiger partial charge in [0.25, 0.3) is 5.91 Å². The van der Waals surface area contributed by atoms with Crippen LogP contribution in [0.4, 0.5) is 0 Å². The molecule has 0 fully saturated rings. The molecule has 33 heavy (non-hydrogen) atoms. The average molecular weight is 447 g/mol. The summed E-state index contributed by atoms with van der Waals surface area (Å²) < 4.78 is 22.0. The number of ether oxygens (including phenoxy) is 4. The van der Waals surface area contributed by atoms with Crippen molar-refractivity contribution < 1.29 is 28.5 Å². The van der Waals surface area contributed by atoms with E-state index in [9.17, 15) is 9.59 Å². The lowest BCUT2D eigenvalue weighted by molar-refractivity contribution is -0.124. The Morgan fingerprint density at radius 2 is 1.64 bits per heavy atom. The average Bonchev–Trinajstić information content (AvgIpc) is 2.87. The molecule has 170 valence electrons. The van der Waals surface area contributed by atoms with Crippen LogP contribution >= 0.6 is 0 Å². The van der Waals surface area contributed by atoms with E-state index in [2.05, 4.69) is 5.32 Å². The van der Waals surface area contributed by atoms with Gasteiger partial charge in [-0.15, -0.1) is 0 Å². The van der Waals surface area contributed by atoms with Crippen LogP contribution in [0, 0.1) is 0 Å². The summed E-state index contributed by atoms with van der Waals surface area (Å²) in [6.45, 7) is 1.36. The third-order valence-electron chi connectivity index (χ3n) is 5.05. The van der Waals surface area contributed by atoms with Crippen LogP contribution in [0.2, 0.25) is 0 Å². The van der Waals surface area contributed by atoms with Gasteiger partial charge in [-0.1, -0.05) is 42.5 Å². The minimum absolute atomic E-state index is 0.219. The van der Waals surface area contributed by atoms with E-state index in [0.29, 0.717) is 48.8 Å². The fourth-order valence-electron chi connectivity index (χ4n) is 3.37. The molecule has 3 aromatic rings. The molecule has 7 nitrogen and oxygen atoms in total. The Labute approximate surface area is 192 Å². The number of nitrogens with one attached hydrogen (secondary N) is 1. The second-order valence-electron chi connectivity index (χ2n) is 7.41. The van der Waals surface area contributed by atoms with Gasteiger partial charge in [-0.05, 0) is 42.3 Å². The second kappa shape index (κ2) is 11.0. The highest BCUT2D eigenvalue weighted by atomic mass is 16.6. The SMILES string of the molecule is O=C(COC(=O)c1ccccc1COc1ccccc1)NCCc1ccc2c(c1)OCCO2. The van der Waals surface area contributed by atoms with E-state index >= 15 is 0 Å². The zero-order valence-electron chi connectivity index (χ0n) is 18.1. The fourth-order valence-corrected chi connectivity index (χ4v) is 3.37. The maximum absolute atomic E-state index is 12.5. The van der Waals surface area contributed by atoms with Crippen LogP contribution in [0.15, 0.2) is 72.8 Å². The summed E-state index contributed by atoms with van der Waals surface area (Å²) in [5.74, 6) is 1.23. The lowest BCUT2D eigenvalue weighted by Gasteiger charge is -2.18. The van der Waals surface area contributed by atoms with Gasteiger partial charge >= 0.3 is 5.97 Å². The summed E-state index contributed by atoms with van der Waals surface area (Å²) >= 11 is 0. The number of amides is 1. The smallest absolute Gasteiger partial charge is 0.339 e. The number of para-hydroxylation sites is 1. The van der Waals surface area contributed by atoms with Crippen molar-refractivity contribution in [3.05, 3.63) is 89.5 Å². The molecular weight excluding hydrogens is 422 g/mol. The molecule has 3 aromatic carbocycles. The number of hydrogen-bond acceptors (Lipinski definition) is 6. The van der Waals surface area contributed by atoms with Crippen molar-refractivity contribution in [2.45, 2.75) is 13.0 Å². The topological polar surface area (TPSA) is 83.1 Å². The minimum atomic E-state index is -0.566. The van der Waals surface area contributed by atoms with Crippen molar-refractivity contribution in [3.63, 3.8) is 0 Å². The predicted molar refractivity (Wildman–Crippen MR) is 122 cm³/mol. The number of benzene rings is 3. The van der Waals surface area contributed by atoms with Crippen LogP contribution in [0.1, 0.15) is 21.5 Å². The standard InChI is InChI=1S/C26H25NO6/c28-25(27-13-12-19-10-11-23-24(16-19)31-15-14-30-23)18-33-26(29)22-9-5-4-6-20(22)17-32-21-7-2-1-3-8-21/h1-11,16H,12-15,17-18H2,(H,27,28). The first-order valence-electron chi connectivity index (χ1n) is 10.8. The molecule has 0 aromatic heterocycles.